The van der Waals surface area contributed by atoms with Gasteiger partial charge in [-0.25, -0.2) is 0 Å². The predicted molar refractivity (Wildman–Crippen MR) is 123 cm³/mol. The number of nitrogens with two attached hydrogens (primary N) is 2. The Kier molecular flexibility index (Phi) is 12.0. The Bertz CT molecular complexity index is 814. The summed E-state index contributed by atoms with van der Waals surface area (Å²) in [6.45, 7) is 0. The third-order valence-corrected chi connectivity index (χ3v) is 3.30. The quantitative estimate of drug-likeness (QED) is 0.262. The SMILES string of the molecule is CN(C)c1cccc([N+]#N)c1N.CN(C)c1cccc([N+]#N)c1N.[Cl][Zn-2]([Cl])([Cl])[Cl]. The van der Waals surface area contributed by atoms with Gasteiger partial charge in [0.1, 0.15) is 0 Å². The summed E-state index contributed by atoms with van der Waals surface area (Å²) in [6, 6.07) is 10.6. The summed E-state index contributed by atoms with van der Waals surface area (Å²) >= 11 is 0. The molecule has 2 rings (SSSR count). The van der Waals surface area contributed by atoms with Crippen molar-refractivity contribution < 1.29 is 10.8 Å². The Morgan fingerprint density at radius 2 is 1.00 bits per heavy atom. The van der Waals surface area contributed by atoms with E-state index in [1.807, 2.05) is 50.1 Å². The number of hydrogen-bond acceptors (Lipinski definition) is 6. The Morgan fingerprint density at radius 3 is 1.21 bits per heavy atom. The molecular weight excluding hydrogens is 511 g/mol. The number of halogens is 4. The molecule has 0 saturated heterocycles. The zero-order chi connectivity index (χ0) is 22.8. The van der Waals surface area contributed by atoms with Crippen LogP contribution in [-0.2, 0) is 10.8 Å². The average molecular weight is 534 g/mol. The second-order valence-electron chi connectivity index (χ2n) is 6.01. The van der Waals surface area contributed by atoms with Crippen molar-refractivity contribution in [1.82, 2.24) is 0 Å². The van der Waals surface area contributed by atoms with E-state index < -0.39 is 10.8 Å². The van der Waals surface area contributed by atoms with Gasteiger partial charge < -0.3 is 21.3 Å². The fourth-order valence-electron chi connectivity index (χ4n) is 2.04. The Morgan fingerprint density at radius 1 is 0.724 bits per heavy atom. The van der Waals surface area contributed by atoms with Gasteiger partial charge in [0.2, 0.25) is 10.8 Å². The van der Waals surface area contributed by atoms with Crippen molar-refractivity contribution in [2.24, 2.45) is 0 Å². The van der Waals surface area contributed by atoms with Crippen LogP contribution in [0, 0.1) is 10.8 Å². The molecule has 156 valence electrons. The van der Waals surface area contributed by atoms with Crippen molar-refractivity contribution in [3.05, 3.63) is 46.4 Å². The predicted octanol–water partition coefficient (Wildman–Crippen LogP) is 6.39. The van der Waals surface area contributed by atoms with Crippen molar-refractivity contribution in [1.29, 1.82) is 10.8 Å². The van der Waals surface area contributed by atoms with Crippen LogP contribution >= 0.6 is 38.8 Å². The second kappa shape index (κ2) is 12.7. The van der Waals surface area contributed by atoms with Crippen molar-refractivity contribution in [2.75, 3.05) is 49.5 Å². The Labute approximate surface area is 189 Å². The first kappa shape index (κ1) is 27.3. The van der Waals surface area contributed by atoms with Gasteiger partial charge >= 0.3 is 61.0 Å². The summed E-state index contributed by atoms with van der Waals surface area (Å²) in [4.78, 5) is 9.85. The van der Waals surface area contributed by atoms with E-state index in [1.165, 1.54) is 0 Å². The molecule has 0 aromatic heterocycles. The van der Waals surface area contributed by atoms with Gasteiger partial charge in [-0.3, -0.25) is 0 Å². The first-order chi connectivity index (χ1) is 13.3. The zero-order valence-corrected chi connectivity index (χ0v) is 22.5. The van der Waals surface area contributed by atoms with Crippen molar-refractivity contribution in [3.63, 3.8) is 0 Å². The topological polar surface area (TPSA) is 115 Å². The number of diazo groups is 2. The van der Waals surface area contributed by atoms with Gasteiger partial charge in [0.05, 0.1) is 11.4 Å². The van der Waals surface area contributed by atoms with Crippen LogP contribution in [0.2, 0.25) is 0 Å². The number of nitrogen functional groups attached to an aromatic ring is 2. The molecule has 0 amide bonds. The maximum absolute atomic E-state index is 8.55. The number of nitrogens with zero attached hydrogens (tertiary/aromatic N) is 6. The first-order valence-electron chi connectivity index (χ1n) is 8.22. The number of rotatable bonds is 2. The van der Waals surface area contributed by atoms with Crippen LogP contribution in [0.15, 0.2) is 36.4 Å². The minimum absolute atomic E-state index is 0.404. The molecule has 2 aromatic carbocycles. The number of anilines is 4. The normalized spacial score (nSPS) is 9.59. The Balaban J connectivity index is 0.000000442. The zero-order valence-electron chi connectivity index (χ0n) is 16.5. The summed E-state index contributed by atoms with van der Waals surface area (Å²) in [6.07, 6.45) is 0. The van der Waals surface area contributed by atoms with Crippen molar-refractivity contribution in [2.45, 2.75) is 0 Å². The molecular formula is C16H22Cl4N8Zn. The van der Waals surface area contributed by atoms with Crippen LogP contribution < -0.4 is 21.3 Å². The summed E-state index contributed by atoms with van der Waals surface area (Å²) in [5.41, 5.74) is 14.9. The van der Waals surface area contributed by atoms with Crippen LogP contribution in [0.1, 0.15) is 0 Å². The van der Waals surface area contributed by atoms with Gasteiger partial charge in [-0.1, -0.05) is 12.1 Å². The molecule has 2 aromatic rings. The van der Waals surface area contributed by atoms with E-state index >= 15 is 0 Å². The van der Waals surface area contributed by atoms with Crippen LogP contribution in [0.5, 0.6) is 0 Å². The van der Waals surface area contributed by atoms with Crippen LogP contribution in [0.25, 0.3) is 9.95 Å². The number of para-hydroxylation sites is 2. The van der Waals surface area contributed by atoms with E-state index in [1.54, 1.807) is 24.3 Å². The van der Waals surface area contributed by atoms with E-state index in [9.17, 15) is 0 Å². The summed E-state index contributed by atoms with van der Waals surface area (Å²) < 4.78 is 0. The van der Waals surface area contributed by atoms with E-state index in [0.29, 0.717) is 22.7 Å². The monoisotopic (exact) mass is 530 g/mol. The van der Waals surface area contributed by atoms with E-state index in [4.69, 9.17) is 61.0 Å². The van der Waals surface area contributed by atoms with Gasteiger partial charge in [-0.05, 0) is 12.1 Å². The Hall–Kier alpha value is -1.74. The van der Waals surface area contributed by atoms with E-state index in [2.05, 4.69) is 9.95 Å². The third-order valence-electron chi connectivity index (χ3n) is 3.30. The van der Waals surface area contributed by atoms with Crippen LogP contribution in [0.4, 0.5) is 34.1 Å². The summed E-state index contributed by atoms with van der Waals surface area (Å²) in [5, 5.41) is 17.1. The molecule has 0 aliphatic heterocycles. The summed E-state index contributed by atoms with van der Waals surface area (Å²) in [7, 11) is 24.3. The molecule has 0 heterocycles. The maximum atomic E-state index is 8.55. The number of benzene rings is 2. The van der Waals surface area contributed by atoms with Gasteiger partial charge in [-0.15, -0.1) is 0 Å². The molecule has 0 radical (unpaired) electrons. The molecule has 4 N–H and O–H groups in total. The van der Waals surface area contributed by atoms with E-state index in [-0.39, 0.29) is 0 Å². The molecule has 0 unspecified atom stereocenters. The second-order valence-corrected chi connectivity index (χ2v) is 33.8. The van der Waals surface area contributed by atoms with Crippen LogP contribution in [-0.4, -0.2) is 28.2 Å². The van der Waals surface area contributed by atoms with Crippen molar-refractivity contribution in [3.8, 4) is 0 Å². The third kappa shape index (κ3) is 10.6. The molecule has 0 saturated carbocycles. The van der Waals surface area contributed by atoms with Gasteiger partial charge in [-0.2, -0.15) is 0 Å². The van der Waals surface area contributed by atoms with Crippen LogP contribution in [0.3, 0.4) is 0 Å². The van der Waals surface area contributed by atoms with Gasteiger partial charge in [0.25, 0.3) is 0 Å². The molecule has 0 aliphatic rings. The van der Waals surface area contributed by atoms with Gasteiger partial charge in [0.15, 0.2) is 21.3 Å². The first-order valence-corrected chi connectivity index (χ1v) is 23.8. The van der Waals surface area contributed by atoms with Crippen molar-refractivity contribution >= 4 is 72.9 Å². The molecule has 0 fully saturated rings. The molecule has 8 nitrogen and oxygen atoms in total. The minimum atomic E-state index is -3.36. The molecule has 0 spiro atoms. The molecule has 13 heteroatoms. The molecule has 0 atom stereocenters. The van der Waals surface area contributed by atoms with E-state index in [0.717, 1.165) is 11.4 Å². The van der Waals surface area contributed by atoms with Gasteiger partial charge in [0, 0.05) is 40.3 Å². The molecule has 0 aliphatic carbocycles. The standard InChI is InChI=1S/2C8H11N4.4ClH.Zn/c2*1-12(2)7-5-3-4-6(11-10)8(7)9;;;;;/h2*3-5H,9H2,1-2H3;4*1H;/q2*+1;;;;;+2/p-4. The summed E-state index contributed by atoms with van der Waals surface area (Å²) in [5.74, 6) is 0. The fraction of sp³-hybridized carbons (Fsp3) is 0.250. The fourth-order valence-corrected chi connectivity index (χ4v) is 2.04. The number of hydrogen-bond donors (Lipinski definition) is 2. The average Bonchev–Trinajstić information content (AvgIpc) is 2.60. The molecule has 0 bridgehead atoms. The molecule has 29 heavy (non-hydrogen) atoms.